The second-order valence-electron chi connectivity index (χ2n) is 7.88. The van der Waals surface area contributed by atoms with Crippen molar-refractivity contribution in [1.82, 2.24) is 5.32 Å². The zero-order chi connectivity index (χ0) is 19.3. The largest absolute Gasteiger partial charge is 0.496 e. The standard InChI is InChI=1S/C21H32N2O4/c1-16-3-4-18(25-2)17(13-16)21(7-11-27-12-8-21)15-23-19(24)20(14-22)5-9-26-10-6-20/h3-4,13H,5-12,14-15,22H2,1-2H3,(H,23,24). The highest BCUT2D eigenvalue weighted by atomic mass is 16.5. The predicted molar refractivity (Wildman–Crippen MR) is 104 cm³/mol. The number of rotatable bonds is 6. The molecule has 2 saturated heterocycles. The number of amides is 1. The monoisotopic (exact) mass is 376 g/mol. The van der Waals surface area contributed by atoms with Crippen molar-refractivity contribution in [3.63, 3.8) is 0 Å². The van der Waals surface area contributed by atoms with Crippen LogP contribution in [0.5, 0.6) is 5.75 Å². The summed E-state index contributed by atoms with van der Waals surface area (Å²) in [5, 5.41) is 3.24. The molecule has 0 atom stereocenters. The van der Waals surface area contributed by atoms with Gasteiger partial charge in [0.1, 0.15) is 5.75 Å². The van der Waals surface area contributed by atoms with E-state index in [4.69, 9.17) is 19.9 Å². The number of ether oxygens (including phenoxy) is 3. The van der Waals surface area contributed by atoms with Crippen molar-refractivity contribution in [1.29, 1.82) is 0 Å². The Balaban J connectivity index is 1.83. The van der Waals surface area contributed by atoms with Crippen LogP contribution in [0.2, 0.25) is 0 Å². The van der Waals surface area contributed by atoms with E-state index in [1.165, 1.54) is 5.56 Å². The van der Waals surface area contributed by atoms with Crippen LogP contribution in [0.1, 0.15) is 36.8 Å². The van der Waals surface area contributed by atoms with E-state index in [-0.39, 0.29) is 11.3 Å². The molecule has 2 aliphatic heterocycles. The molecule has 2 heterocycles. The molecule has 1 amide bonds. The Morgan fingerprint density at radius 3 is 2.37 bits per heavy atom. The lowest BCUT2D eigenvalue weighted by molar-refractivity contribution is -0.136. The van der Waals surface area contributed by atoms with Crippen molar-refractivity contribution in [2.24, 2.45) is 11.1 Å². The Morgan fingerprint density at radius 2 is 1.78 bits per heavy atom. The molecule has 0 radical (unpaired) electrons. The molecular formula is C21H32N2O4. The molecule has 0 bridgehead atoms. The van der Waals surface area contributed by atoms with Gasteiger partial charge >= 0.3 is 0 Å². The van der Waals surface area contributed by atoms with E-state index in [0.29, 0.717) is 52.4 Å². The first-order chi connectivity index (χ1) is 13.1. The van der Waals surface area contributed by atoms with Crippen LogP contribution in [0.3, 0.4) is 0 Å². The van der Waals surface area contributed by atoms with Gasteiger partial charge < -0.3 is 25.3 Å². The van der Waals surface area contributed by atoms with Gasteiger partial charge in [-0.2, -0.15) is 0 Å². The number of nitrogens with one attached hydrogen (secondary N) is 1. The van der Waals surface area contributed by atoms with Gasteiger partial charge in [0.25, 0.3) is 0 Å². The van der Waals surface area contributed by atoms with Crippen LogP contribution in [0.15, 0.2) is 18.2 Å². The lowest BCUT2D eigenvalue weighted by Crippen LogP contribution is -2.53. The summed E-state index contributed by atoms with van der Waals surface area (Å²) >= 11 is 0. The van der Waals surface area contributed by atoms with Crippen molar-refractivity contribution < 1.29 is 19.0 Å². The summed E-state index contributed by atoms with van der Waals surface area (Å²) in [6, 6.07) is 6.26. The molecule has 1 aromatic rings. The topological polar surface area (TPSA) is 82.8 Å². The molecule has 0 spiro atoms. The average Bonchev–Trinajstić information content (AvgIpc) is 2.73. The fraction of sp³-hybridized carbons (Fsp3) is 0.667. The van der Waals surface area contributed by atoms with Crippen molar-refractivity contribution >= 4 is 5.91 Å². The van der Waals surface area contributed by atoms with Gasteiger partial charge in [-0.15, -0.1) is 0 Å². The Morgan fingerprint density at radius 1 is 1.15 bits per heavy atom. The zero-order valence-electron chi connectivity index (χ0n) is 16.5. The Kier molecular flexibility index (Phi) is 6.40. The van der Waals surface area contributed by atoms with Gasteiger partial charge in [0.05, 0.1) is 12.5 Å². The summed E-state index contributed by atoms with van der Waals surface area (Å²) < 4.78 is 16.7. The Labute approximate surface area is 161 Å². The Bertz CT molecular complexity index is 650. The van der Waals surface area contributed by atoms with E-state index in [0.717, 1.165) is 24.2 Å². The Hall–Kier alpha value is -1.63. The van der Waals surface area contributed by atoms with Crippen LogP contribution in [-0.4, -0.2) is 52.5 Å². The van der Waals surface area contributed by atoms with Crippen molar-refractivity contribution in [3.05, 3.63) is 29.3 Å². The maximum absolute atomic E-state index is 13.1. The summed E-state index contributed by atoms with van der Waals surface area (Å²) in [5.74, 6) is 0.919. The van der Waals surface area contributed by atoms with Crippen molar-refractivity contribution in [3.8, 4) is 5.75 Å². The molecule has 3 rings (SSSR count). The molecule has 6 heteroatoms. The van der Waals surface area contributed by atoms with Gasteiger partial charge in [-0.05, 0) is 38.7 Å². The average molecular weight is 376 g/mol. The third-order valence-corrected chi connectivity index (χ3v) is 6.29. The summed E-state index contributed by atoms with van der Waals surface area (Å²) in [5.41, 5.74) is 7.64. The van der Waals surface area contributed by atoms with E-state index < -0.39 is 5.41 Å². The fourth-order valence-corrected chi connectivity index (χ4v) is 4.26. The lowest BCUT2D eigenvalue weighted by atomic mass is 9.72. The molecule has 0 unspecified atom stereocenters. The molecule has 0 saturated carbocycles. The maximum atomic E-state index is 13.1. The minimum absolute atomic E-state index is 0.0470. The van der Waals surface area contributed by atoms with Gasteiger partial charge in [-0.25, -0.2) is 0 Å². The van der Waals surface area contributed by atoms with Gasteiger partial charge in [-0.3, -0.25) is 4.79 Å². The molecule has 3 N–H and O–H groups in total. The SMILES string of the molecule is COc1ccc(C)cc1C1(CNC(=O)C2(CN)CCOCC2)CCOCC1. The predicted octanol–water partition coefficient (Wildman–Crippen LogP) is 1.92. The lowest BCUT2D eigenvalue weighted by Gasteiger charge is -2.41. The highest BCUT2D eigenvalue weighted by Gasteiger charge is 2.42. The van der Waals surface area contributed by atoms with Crippen molar-refractivity contribution in [2.75, 3.05) is 46.6 Å². The smallest absolute Gasteiger partial charge is 0.227 e. The minimum atomic E-state index is -0.513. The normalized spacial score (nSPS) is 21.4. The zero-order valence-corrected chi connectivity index (χ0v) is 16.5. The summed E-state index contributed by atoms with van der Waals surface area (Å²) in [4.78, 5) is 13.1. The van der Waals surface area contributed by atoms with Gasteiger partial charge in [0.2, 0.25) is 5.91 Å². The van der Waals surface area contributed by atoms with Crippen molar-refractivity contribution in [2.45, 2.75) is 38.0 Å². The number of hydrogen-bond donors (Lipinski definition) is 2. The van der Waals surface area contributed by atoms with Crippen LogP contribution in [-0.2, 0) is 19.7 Å². The maximum Gasteiger partial charge on any atom is 0.227 e. The van der Waals surface area contributed by atoms with Crippen LogP contribution in [0, 0.1) is 12.3 Å². The number of nitrogens with two attached hydrogens (primary N) is 1. The molecule has 2 fully saturated rings. The first kappa shape index (κ1) is 20.1. The molecule has 150 valence electrons. The highest BCUT2D eigenvalue weighted by Crippen LogP contribution is 2.40. The van der Waals surface area contributed by atoms with E-state index in [9.17, 15) is 4.79 Å². The van der Waals surface area contributed by atoms with E-state index >= 15 is 0 Å². The van der Waals surface area contributed by atoms with Crippen LogP contribution in [0.4, 0.5) is 0 Å². The molecule has 27 heavy (non-hydrogen) atoms. The number of benzene rings is 1. The first-order valence-electron chi connectivity index (χ1n) is 9.84. The molecule has 0 aliphatic carbocycles. The number of aryl methyl sites for hydroxylation is 1. The number of carbonyl (C=O) groups excluding carboxylic acids is 1. The highest BCUT2D eigenvalue weighted by molar-refractivity contribution is 5.83. The molecule has 1 aromatic carbocycles. The van der Waals surface area contributed by atoms with E-state index in [2.05, 4.69) is 24.4 Å². The van der Waals surface area contributed by atoms with E-state index in [1.54, 1.807) is 7.11 Å². The summed E-state index contributed by atoms with van der Waals surface area (Å²) in [6.07, 6.45) is 3.07. The van der Waals surface area contributed by atoms with Crippen LogP contribution >= 0.6 is 0 Å². The third-order valence-electron chi connectivity index (χ3n) is 6.29. The van der Waals surface area contributed by atoms with Gasteiger partial charge in [0.15, 0.2) is 0 Å². The van der Waals surface area contributed by atoms with Gasteiger partial charge in [-0.1, -0.05) is 17.7 Å². The third kappa shape index (κ3) is 4.13. The number of methoxy groups -OCH3 is 1. The molecule has 0 aromatic heterocycles. The van der Waals surface area contributed by atoms with Crippen LogP contribution < -0.4 is 15.8 Å². The van der Waals surface area contributed by atoms with Crippen LogP contribution in [0.25, 0.3) is 0 Å². The fourth-order valence-electron chi connectivity index (χ4n) is 4.26. The first-order valence-corrected chi connectivity index (χ1v) is 9.84. The second-order valence-corrected chi connectivity index (χ2v) is 7.88. The molecule has 6 nitrogen and oxygen atoms in total. The molecule has 2 aliphatic rings. The van der Waals surface area contributed by atoms with Gasteiger partial charge in [0, 0.05) is 50.5 Å². The summed E-state index contributed by atoms with van der Waals surface area (Å²) in [6.45, 7) is 5.56. The summed E-state index contributed by atoms with van der Waals surface area (Å²) in [7, 11) is 1.70. The number of hydrogen-bond acceptors (Lipinski definition) is 5. The minimum Gasteiger partial charge on any atom is -0.496 e. The molecular weight excluding hydrogens is 344 g/mol. The number of carbonyl (C=O) groups is 1. The second kappa shape index (κ2) is 8.59. The quantitative estimate of drug-likeness (QED) is 0.793. The van der Waals surface area contributed by atoms with E-state index in [1.807, 2.05) is 6.07 Å².